The molecule has 1 aromatic carbocycles. The van der Waals surface area contributed by atoms with Crippen LogP contribution in [0.2, 0.25) is 0 Å². The monoisotopic (exact) mass is 429 g/mol. The van der Waals surface area contributed by atoms with Gasteiger partial charge in [-0.05, 0) is 31.0 Å². The summed E-state index contributed by atoms with van der Waals surface area (Å²) in [6.45, 7) is 1.33. The minimum atomic E-state index is -5.08. The van der Waals surface area contributed by atoms with Gasteiger partial charge >= 0.3 is 18.1 Å². The van der Waals surface area contributed by atoms with Gasteiger partial charge in [-0.25, -0.2) is 4.79 Å². The number of non-ortho nitro benzene ring substituents is 1. The van der Waals surface area contributed by atoms with E-state index in [9.17, 15) is 28.1 Å². The number of carboxylic acid groups (broad SMARTS) is 1. The minimum Gasteiger partial charge on any atom is -0.475 e. The lowest BCUT2D eigenvalue weighted by Crippen LogP contribution is -2.39. The van der Waals surface area contributed by atoms with Crippen molar-refractivity contribution in [3.05, 3.63) is 40.6 Å². The number of alkyl halides is 3. The molecule has 30 heavy (non-hydrogen) atoms. The molecule has 2 aromatic rings. The molecule has 1 aliphatic rings. The van der Waals surface area contributed by atoms with E-state index in [0.29, 0.717) is 17.4 Å². The van der Waals surface area contributed by atoms with E-state index in [-0.39, 0.29) is 17.6 Å². The maximum absolute atomic E-state index is 11.8. The van der Waals surface area contributed by atoms with E-state index in [2.05, 4.69) is 9.88 Å². The van der Waals surface area contributed by atoms with E-state index >= 15 is 0 Å². The number of carboxylic acids is 1. The number of aromatic nitrogens is 1. The minimum absolute atomic E-state index is 0.0402. The zero-order valence-corrected chi connectivity index (χ0v) is 15.8. The third-order valence-electron chi connectivity index (χ3n) is 4.46. The summed E-state index contributed by atoms with van der Waals surface area (Å²) in [4.78, 5) is 37.9. The Balaban J connectivity index is 0.000000396. The van der Waals surface area contributed by atoms with Crippen LogP contribution in [0.4, 0.5) is 24.5 Å². The van der Waals surface area contributed by atoms with Crippen molar-refractivity contribution in [3.63, 3.8) is 0 Å². The number of ether oxygens (including phenoxy) is 1. The molecule has 0 bridgehead atoms. The number of rotatable bonds is 3. The lowest BCUT2D eigenvalue weighted by Gasteiger charge is -2.33. The Morgan fingerprint density at radius 2 is 2.00 bits per heavy atom. The molecule has 3 rings (SSSR count). The third-order valence-corrected chi connectivity index (χ3v) is 4.46. The molecule has 0 spiro atoms. The zero-order valence-electron chi connectivity index (χ0n) is 15.8. The highest BCUT2D eigenvalue weighted by Crippen LogP contribution is 2.34. The Kier molecular flexibility index (Phi) is 7.14. The first-order valence-electron chi connectivity index (χ1n) is 8.71. The van der Waals surface area contributed by atoms with Crippen molar-refractivity contribution >= 4 is 34.2 Å². The number of benzene rings is 1. The summed E-state index contributed by atoms with van der Waals surface area (Å²) < 4.78 is 36.6. The number of nitro groups is 1. The number of hydrogen-bond acceptors (Lipinski definition) is 7. The van der Waals surface area contributed by atoms with Gasteiger partial charge in [-0.2, -0.15) is 13.2 Å². The first kappa shape index (κ1) is 22.8. The summed E-state index contributed by atoms with van der Waals surface area (Å²) >= 11 is 0. The number of nitro benzene ring substituents is 1. The number of hydrogen-bond donors (Lipinski definition) is 1. The Morgan fingerprint density at radius 3 is 2.57 bits per heavy atom. The van der Waals surface area contributed by atoms with Crippen LogP contribution in [0.25, 0.3) is 10.9 Å². The molecule has 1 aromatic heterocycles. The lowest BCUT2D eigenvalue weighted by molar-refractivity contribution is -0.383. The largest absolute Gasteiger partial charge is 0.490 e. The number of nitrogens with zero attached hydrogens (tertiary/aromatic N) is 3. The third kappa shape index (κ3) is 5.33. The molecule has 1 fully saturated rings. The van der Waals surface area contributed by atoms with Crippen molar-refractivity contribution in [2.75, 3.05) is 25.1 Å². The molecule has 1 saturated heterocycles. The molecule has 2 heterocycles. The van der Waals surface area contributed by atoms with Crippen LogP contribution in [-0.2, 0) is 14.3 Å². The second-order valence-electron chi connectivity index (χ2n) is 6.37. The normalized spacial score (nSPS) is 16.4. The summed E-state index contributed by atoms with van der Waals surface area (Å²) in [5.41, 5.74) is 1.45. The van der Waals surface area contributed by atoms with Crippen LogP contribution in [0.5, 0.6) is 0 Å². The number of fused-ring (bicyclic) bond motifs is 1. The summed E-state index contributed by atoms with van der Waals surface area (Å²) in [7, 11) is 1.39. The Bertz CT molecular complexity index is 950. The van der Waals surface area contributed by atoms with Crippen LogP contribution < -0.4 is 4.90 Å². The van der Waals surface area contributed by atoms with Gasteiger partial charge in [-0.3, -0.25) is 19.9 Å². The number of pyridine rings is 1. The highest BCUT2D eigenvalue weighted by molar-refractivity contribution is 5.97. The van der Waals surface area contributed by atoms with Crippen molar-refractivity contribution in [3.8, 4) is 0 Å². The number of piperidine rings is 1. The highest BCUT2D eigenvalue weighted by atomic mass is 19.4. The number of carbonyl (C=O) groups is 2. The van der Waals surface area contributed by atoms with Crippen LogP contribution in [-0.4, -0.2) is 53.3 Å². The molecule has 162 valence electrons. The molecular formula is C18H18F3N3O6. The van der Waals surface area contributed by atoms with Crippen LogP contribution in [0.1, 0.15) is 12.8 Å². The first-order valence-corrected chi connectivity index (χ1v) is 8.71. The predicted octanol–water partition coefficient (Wildman–Crippen LogP) is 3.17. The maximum atomic E-state index is 11.8. The molecule has 0 amide bonds. The summed E-state index contributed by atoms with van der Waals surface area (Å²) in [6.07, 6.45) is -1.80. The van der Waals surface area contributed by atoms with Gasteiger partial charge in [-0.15, -0.1) is 0 Å². The number of carbonyl (C=O) groups excluding carboxylic acids is 1. The van der Waals surface area contributed by atoms with Gasteiger partial charge in [0, 0.05) is 25.4 Å². The quantitative estimate of drug-likeness (QED) is 0.448. The van der Waals surface area contributed by atoms with Crippen molar-refractivity contribution < 1.29 is 37.5 Å². The Labute approximate surface area is 168 Å². The molecule has 1 atom stereocenters. The average Bonchev–Trinajstić information content (AvgIpc) is 2.72. The molecule has 0 radical (unpaired) electrons. The van der Waals surface area contributed by atoms with Gasteiger partial charge in [0.1, 0.15) is 5.52 Å². The summed E-state index contributed by atoms with van der Waals surface area (Å²) in [5, 5.41) is 18.8. The van der Waals surface area contributed by atoms with E-state index < -0.39 is 17.1 Å². The second-order valence-corrected chi connectivity index (χ2v) is 6.37. The van der Waals surface area contributed by atoms with Crippen LogP contribution in [0.3, 0.4) is 0 Å². The van der Waals surface area contributed by atoms with E-state index in [4.69, 9.17) is 14.6 Å². The second kappa shape index (κ2) is 9.37. The Hall–Kier alpha value is -3.44. The maximum Gasteiger partial charge on any atom is 0.490 e. The van der Waals surface area contributed by atoms with E-state index in [1.165, 1.54) is 13.2 Å². The number of esters is 1. The van der Waals surface area contributed by atoms with Gasteiger partial charge in [0.15, 0.2) is 0 Å². The van der Waals surface area contributed by atoms with E-state index in [1.807, 2.05) is 0 Å². The van der Waals surface area contributed by atoms with E-state index in [0.717, 1.165) is 25.1 Å². The molecule has 9 nitrogen and oxygen atoms in total. The molecular weight excluding hydrogens is 411 g/mol. The van der Waals surface area contributed by atoms with Gasteiger partial charge in [0.05, 0.1) is 29.0 Å². The van der Waals surface area contributed by atoms with Crippen molar-refractivity contribution in [2.45, 2.75) is 19.0 Å². The van der Waals surface area contributed by atoms with E-state index in [1.54, 1.807) is 24.4 Å². The predicted molar refractivity (Wildman–Crippen MR) is 99.0 cm³/mol. The average molecular weight is 429 g/mol. The fourth-order valence-corrected chi connectivity index (χ4v) is 3.11. The summed E-state index contributed by atoms with van der Waals surface area (Å²) in [5.74, 6) is -3.15. The summed E-state index contributed by atoms with van der Waals surface area (Å²) in [6, 6.07) is 6.60. The standard InChI is InChI=1S/C16H17N3O4.C2HF3O2/c1-23-16(20)11-4-3-9-18(10-11)14-7-6-13(19(21)22)12-5-2-8-17-15(12)14;3-2(4,5)1(6)7/h2,5-8,11H,3-4,9-10H2,1H3;(H,6,7). The van der Waals surface area contributed by atoms with Gasteiger partial charge < -0.3 is 14.7 Å². The number of aliphatic carboxylic acids is 1. The Morgan fingerprint density at radius 1 is 1.33 bits per heavy atom. The van der Waals surface area contributed by atoms with Crippen molar-refractivity contribution in [1.29, 1.82) is 0 Å². The lowest BCUT2D eigenvalue weighted by atomic mass is 9.97. The fraction of sp³-hybridized carbons (Fsp3) is 0.389. The van der Waals surface area contributed by atoms with Gasteiger partial charge in [0.25, 0.3) is 5.69 Å². The molecule has 1 N–H and O–H groups in total. The fourth-order valence-electron chi connectivity index (χ4n) is 3.11. The molecule has 0 aliphatic carbocycles. The van der Waals surface area contributed by atoms with Crippen LogP contribution >= 0.6 is 0 Å². The first-order chi connectivity index (χ1) is 14.1. The molecule has 1 unspecified atom stereocenters. The smallest absolute Gasteiger partial charge is 0.475 e. The molecule has 12 heteroatoms. The van der Waals surface area contributed by atoms with Crippen molar-refractivity contribution in [1.82, 2.24) is 4.98 Å². The number of halogens is 3. The number of methoxy groups -OCH3 is 1. The zero-order chi connectivity index (χ0) is 22.5. The number of anilines is 1. The van der Waals surface area contributed by atoms with Crippen LogP contribution in [0, 0.1) is 16.0 Å². The molecule has 1 aliphatic heterocycles. The van der Waals surface area contributed by atoms with Gasteiger partial charge in [0.2, 0.25) is 0 Å². The van der Waals surface area contributed by atoms with Crippen LogP contribution in [0.15, 0.2) is 30.5 Å². The highest BCUT2D eigenvalue weighted by Gasteiger charge is 2.38. The topological polar surface area (TPSA) is 123 Å². The molecule has 0 saturated carbocycles. The SMILES string of the molecule is COC(=O)C1CCCN(c2ccc([N+](=O)[O-])c3cccnc23)C1.O=C(O)C(F)(F)F. The van der Waals surface area contributed by atoms with Gasteiger partial charge in [-0.1, -0.05) is 0 Å². The van der Waals surface area contributed by atoms with Crippen molar-refractivity contribution in [2.24, 2.45) is 5.92 Å².